The second-order valence-corrected chi connectivity index (χ2v) is 4.09. The van der Waals surface area contributed by atoms with E-state index in [1.54, 1.807) is 18.2 Å². The van der Waals surface area contributed by atoms with Gasteiger partial charge in [-0.15, -0.1) is 0 Å². The Morgan fingerprint density at radius 1 is 1.22 bits per heavy atom. The predicted molar refractivity (Wildman–Crippen MR) is 69.6 cm³/mol. The Morgan fingerprint density at radius 3 is 2.61 bits per heavy atom. The summed E-state index contributed by atoms with van der Waals surface area (Å²) in [6, 6.07) is 5.02. The summed E-state index contributed by atoms with van der Waals surface area (Å²) in [5, 5.41) is 7.88. The molecule has 2 rings (SSSR count). The van der Waals surface area contributed by atoms with Gasteiger partial charge in [-0.1, -0.05) is 29.3 Å². The highest BCUT2D eigenvalue weighted by atomic mass is 35.5. The number of nitrogens with zero attached hydrogens (tertiary/aromatic N) is 2. The molecule has 0 aliphatic rings. The summed E-state index contributed by atoms with van der Waals surface area (Å²) in [6.45, 7) is 0. The van der Waals surface area contributed by atoms with E-state index in [-0.39, 0.29) is 17.4 Å². The normalized spacial score (nSPS) is 10.1. The van der Waals surface area contributed by atoms with Crippen molar-refractivity contribution in [1.82, 2.24) is 9.97 Å². The van der Waals surface area contributed by atoms with Gasteiger partial charge in [-0.05, 0) is 12.1 Å². The third-order valence-corrected chi connectivity index (χ3v) is 2.84. The maximum Gasteiger partial charge on any atom is 0.237 e. The highest BCUT2D eigenvalue weighted by Crippen LogP contribution is 2.33. The number of halogens is 2. The van der Waals surface area contributed by atoms with Gasteiger partial charge in [0.25, 0.3) is 0 Å². The van der Waals surface area contributed by atoms with Crippen LogP contribution in [0.1, 0.15) is 5.69 Å². The van der Waals surface area contributed by atoms with Crippen molar-refractivity contribution in [3.8, 4) is 11.6 Å². The molecule has 0 radical (unpaired) electrons. The second kappa shape index (κ2) is 5.20. The van der Waals surface area contributed by atoms with Crippen molar-refractivity contribution in [2.45, 2.75) is 0 Å². The number of benzene rings is 1. The molecule has 92 valence electrons. The van der Waals surface area contributed by atoms with Crippen LogP contribution in [0, 0.1) is 5.41 Å². The number of hydrogen-bond donors (Lipinski definition) is 2. The molecule has 0 unspecified atom stereocenters. The highest BCUT2D eigenvalue weighted by molar-refractivity contribution is 6.42. The number of hydrogen-bond acceptors (Lipinski definition) is 4. The lowest BCUT2D eigenvalue weighted by Gasteiger charge is -2.07. The Labute approximate surface area is 113 Å². The SMILES string of the molecule is N=C(N)c1cnc(Oc2cccc(Cl)c2Cl)cn1. The zero-order chi connectivity index (χ0) is 13.1. The van der Waals surface area contributed by atoms with E-state index in [9.17, 15) is 0 Å². The van der Waals surface area contributed by atoms with Crippen molar-refractivity contribution in [2.75, 3.05) is 0 Å². The van der Waals surface area contributed by atoms with Crippen molar-refractivity contribution < 1.29 is 4.74 Å². The lowest BCUT2D eigenvalue weighted by Crippen LogP contribution is -2.13. The summed E-state index contributed by atoms with van der Waals surface area (Å²) >= 11 is 11.8. The molecule has 3 N–H and O–H groups in total. The smallest absolute Gasteiger partial charge is 0.237 e. The van der Waals surface area contributed by atoms with Crippen LogP contribution < -0.4 is 10.5 Å². The van der Waals surface area contributed by atoms with Crippen LogP contribution in [0.25, 0.3) is 0 Å². The predicted octanol–water partition coefficient (Wildman–Crippen LogP) is 2.86. The maximum atomic E-state index is 7.19. The quantitative estimate of drug-likeness (QED) is 0.670. The summed E-state index contributed by atoms with van der Waals surface area (Å²) in [4.78, 5) is 7.87. The molecule has 18 heavy (non-hydrogen) atoms. The van der Waals surface area contributed by atoms with E-state index in [1.807, 2.05) is 0 Å². The van der Waals surface area contributed by atoms with Gasteiger partial charge in [-0.25, -0.2) is 9.97 Å². The molecule has 0 spiro atoms. The van der Waals surface area contributed by atoms with Crippen molar-refractivity contribution >= 4 is 29.0 Å². The third kappa shape index (κ3) is 2.69. The Bertz CT molecular complexity index is 586. The lowest BCUT2D eigenvalue weighted by molar-refractivity contribution is 0.460. The first-order chi connectivity index (χ1) is 8.58. The summed E-state index contributed by atoms with van der Waals surface area (Å²) < 4.78 is 5.42. The first-order valence-corrected chi connectivity index (χ1v) is 5.62. The molecule has 7 heteroatoms. The van der Waals surface area contributed by atoms with E-state index >= 15 is 0 Å². The van der Waals surface area contributed by atoms with Crippen LogP contribution >= 0.6 is 23.2 Å². The first kappa shape index (κ1) is 12.6. The minimum absolute atomic E-state index is 0.158. The van der Waals surface area contributed by atoms with Gasteiger partial charge in [0.2, 0.25) is 5.88 Å². The third-order valence-electron chi connectivity index (χ3n) is 2.03. The second-order valence-electron chi connectivity index (χ2n) is 3.31. The number of rotatable bonds is 3. The molecule has 0 saturated carbocycles. The summed E-state index contributed by atoms with van der Waals surface area (Å²) in [5.41, 5.74) is 5.54. The molecule has 0 atom stereocenters. The Morgan fingerprint density at radius 2 is 2.00 bits per heavy atom. The van der Waals surface area contributed by atoms with Crippen LogP contribution in [0.4, 0.5) is 0 Å². The molecule has 0 saturated heterocycles. The molecule has 5 nitrogen and oxygen atoms in total. The maximum absolute atomic E-state index is 7.19. The van der Waals surface area contributed by atoms with E-state index in [0.29, 0.717) is 15.8 Å². The van der Waals surface area contributed by atoms with Gasteiger partial charge in [0.05, 0.1) is 17.4 Å². The molecule has 1 heterocycles. The first-order valence-electron chi connectivity index (χ1n) is 4.86. The van der Waals surface area contributed by atoms with E-state index in [4.69, 9.17) is 39.1 Å². The molecule has 2 aromatic rings. The van der Waals surface area contributed by atoms with Gasteiger partial charge in [0.15, 0.2) is 0 Å². The summed E-state index contributed by atoms with van der Waals surface area (Å²) in [5.74, 6) is 0.466. The molecule has 0 fully saturated rings. The molecule has 0 aliphatic carbocycles. The molecule has 0 aliphatic heterocycles. The number of amidine groups is 1. The van der Waals surface area contributed by atoms with Gasteiger partial charge in [0, 0.05) is 0 Å². The van der Waals surface area contributed by atoms with Crippen LogP contribution in [0.15, 0.2) is 30.6 Å². The van der Waals surface area contributed by atoms with E-state index in [0.717, 1.165) is 0 Å². The summed E-state index contributed by atoms with van der Waals surface area (Å²) in [7, 11) is 0. The minimum atomic E-state index is -0.158. The number of ether oxygens (including phenoxy) is 1. The average Bonchev–Trinajstić information content (AvgIpc) is 2.36. The largest absolute Gasteiger partial charge is 0.436 e. The molecule has 1 aromatic heterocycles. The monoisotopic (exact) mass is 282 g/mol. The van der Waals surface area contributed by atoms with Crippen molar-refractivity contribution in [3.63, 3.8) is 0 Å². The number of aromatic nitrogens is 2. The molecular weight excluding hydrogens is 275 g/mol. The minimum Gasteiger partial charge on any atom is -0.436 e. The molecular formula is C11H8Cl2N4O. The number of nitrogen functional groups attached to an aromatic ring is 1. The Balaban J connectivity index is 2.24. The Hall–Kier alpha value is -1.85. The highest BCUT2D eigenvalue weighted by Gasteiger charge is 2.08. The Kier molecular flexibility index (Phi) is 3.64. The van der Waals surface area contributed by atoms with Gasteiger partial charge in [-0.3, -0.25) is 5.41 Å². The van der Waals surface area contributed by atoms with Gasteiger partial charge in [0.1, 0.15) is 22.3 Å². The topological polar surface area (TPSA) is 84.9 Å². The average molecular weight is 283 g/mol. The van der Waals surface area contributed by atoms with Crippen molar-refractivity contribution in [2.24, 2.45) is 5.73 Å². The fourth-order valence-corrected chi connectivity index (χ4v) is 1.51. The van der Waals surface area contributed by atoms with Crippen molar-refractivity contribution in [1.29, 1.82) is 5.41 Å². The van der Waals surface area contributed by atoms with Crippen LogP contribution in [0.3, 0.4) is 0 Å². The van der Waals surface area contributed by atoms with Gasteiger partial charge >= 0.3 is 0 Å². The zero-order valence-corrected chi connectivity index (χ0v) is 10.5. The zero-order valence-electron chi connectivity index (χ0n) is 9.02. The fraction of sp³-hybridized carbons (Fsp3) is 0. The number of nitrogens with one attached hydrogen (secondary N) is 1. The van der Waals surface area contributed by atoms with E-state index in [1.165, 1.54) is 12.4 Å². The van der Waals surface area contributed by atoms with Crippen LogP contribution in [0.2, 0.25) is 10.0 Å². The lowest BCUT2D eigenvalue weighted by atomic mass is 10.3. The van der Waals surface area contributed by atoms with E-state index in [2.05, 4.69) is 9.97 Å². The van der Waals surface area contributed by atoms with Gasteiger partial charge in [-0.2, -0.15) is 0 Å². The van der Waals surface area contributed by atoms with Crippen LogP contribution in [-0.4, -0.2) is 15.8 Å². The van der Waals surface area contributed by atoms with Gasteiger partial charge < -0.3 is 10.5 Å². The van der Waals surface area contributed by atoms with Crippen LogP contribution in [0.5, 0.6) is 11.6 Å². The molecule has 0 bridgehead atoms. The van der Waals surface area contributed by atoms with Crippen LogP contribution in [-0.2, 0) is 0 Å². The fourth-order valence-electron chi connectivity index (χ4n) is 1.18. The van der Waals surface area contributed by atoms with Crippen molar-refractivity contribution in [3.05, 3.63) is 46.3 Å². The number of nitrogens with two attached hydrogens (primary N) is 1. The molecule has 0 amide bonds. The standard InChI is InChI=1S/C11H8Cl2N4O/c12-6-2-1-3-8(10(6)13)18-9-5-16-7(4-17-9)11(14)15/h1-5H,(H3,14,15). The molecule has 1 aromatic carbocycles. The summed E-state index contributed by atoms with van der Waals surface area (Å²) in [6.07, 6.45) is 2.70. The van der Waals surface area contributed by atoms with E-state index < -0.39 is 0 Å².